The van der Waals surface area contributed by atoms with Gasteiger partial charge in [0.05, 0.1) is 17.3 Å². The number of hydrogen-bond donors (Lipinski definition) is 0. The molecule has 0 radical (unpaired) electrons. The summed E-state index contributed by atoms with van der Waals surface area (Å²) >= 11 is 6.31. The van der Waals surface area contributed by atoms with Crippen molar-refractivity contribution >= 4 is 23.1 Å². The molecule has 0 bridgehead atoms. The molecule has 1 aromatic carbocycles. The highest BCUT2D eigenvalue weighted by atomic mass is 35.5. The molecule has 0 aromatic heterocycles. The molecule has 0 aliphatic heterocycles. The van der Waals surface area contributed by atoms with Gasteiger partial charge in [0.2, 0.25) is 0 Å². The second-order valence-electron chi connectivity index (χ2n) is 4.67. The summed E-state index contributed by atoms with van der Waals surface area (Å²) in [6.07, 6.45) is 1.02. The van der Waals surface area contributed by atoms with Crippen molar-refractivity contribution in [2.24, 2.45) is 0 Å². The van der Waals surface area contributed by atoms with E-state index in [9.17, 15) is 4.79 Å². The highest BCUT2D eigenvalue weighted by Gasteiger charge is 2.16. The third-order valence-electron chi connectivity index (χ3n) is 3.32. The molecule has 0 aliphatic rings. The van der Waals surface area contributed by atoms with Crippen LogP contribution < -0.4 is 4.90 Å². The fourth-order valence-corrected chi connectivity index (χ4v) is 2.24. The van der Waals surface area contributed by atoms with Gasteiger partial charge in [-0.2, -0.15) is 0 Å². The van der Waals surface area contributed by atoms with E-state index in [-0.39, 0.29) is 5.78 Å². The molecule has 3 nitrogen and oxygen atoms in total. The number of benzene rings is 1. The highest BCUT2D eigenvalue weighted by Crippen LogP contribution is 2.29. The molecule has 19 heavy (non-hydrogen) atoms. The van der Waals surface area contributed by atoms with Crippen molar-refractivity contribution in [1.82, 2.24) is 0 Å². The van der Waals surface area contributed by atoms with Gasteiger partial charge in [0.1, 0.15) is 0 Å². The van der Waals surface area contributed by atoms with Gasteiger partial charge in [-0.1, -0.05) is 18.5 Å². The molecular weight excluding hydrogens is 262 g/mol. The van der Waals surface area contributed by atoms with E-state index < -0.39 is 0 Å². The number of Topliss-reactive ketones (excluding diaryl/α,β-unsaturated/α-hetero) is 1. The molecule has 0 spiro atoms. The van der Waals surface area contributed by atoms with Crippen LogP contribution in [-0.4, -0.2) is 32.1 Å². The van der Waals surface area contributed by atoms with Crippen molar-refractivity contribution in [3.05, 3.63) is 28.8 Å². The Hall–Kier alpha value is -1.06. The van der Waals surface area contributed by atoms with Crippen LogP contribution in [0.4, 0.5) is 5.69 Å². The third-order valence-corrected chi connectivity index (χ3v) is 3.63. The third kappa shape index (κ3) is 4.22. The lowest BCUT2D eigenvalue weighted by atomic mass is 10.1. The number of carbonyl (C=O) groups excluding carboxylic acids is 1. The first-order valence-corrected chi connectivity index (χ1v) is 6.95. The van der Waals surface area contributed by atoms with E-state index in [0.29, 0.717) is 23.2 Å². The fraction of sp³-hybridized carbons (Fsp3) is 0.533. The van der Waals surface area contributed by atoms with E-state index in [1.807, 2.05) is 12.1 Å². The summed E-state index contributed by atoms with van der Waals surface area (Å²) in [6, 6.07) is 5.85. The van der Waals surface area contributed by atoms with Crippen LogP contribution in [0.2, 0.25) is 5.02 Å². The Balaban J connectivity index is 3.04. The van der Waals surface area contributed by atoms with E-state index in [2.05, 4.69) is 18.7 Å². The molecule has 106 valence electrons. The van der Waals surface area contributed by atoms with Gasteiger partial charge >= 0.3 is 0 Å². The number of ketones is 1. The van der Waals surface area contributed by atoms with E-state index >= 15 is 0 Å². The van der Waals surface area contributed by atoms with Crippen molar-refractivity contribution in [3.63, 3.8) is 0 Å². The van der Waals surface area contributed by atoms with Gasteiger partial charge in [-0.15, -0.1) is 0 Å². The lowest BCUT2D eigenvalue weighted by Gasteiger charge is -2.31. The van der Waals surface area contributed by atoms with Crippen LogP contribution >= 0.6 is 11.6 Å². The monoisotopic (exact) mass is 283 g/mol. The summed E-state index contributed by atoms with van der Waals surface area (Å²) in [5, 5.41) is 0.615. The molecule has 1 rings (SSSR count). The number of halogens is 1. The average Bonchev–Trinajstić information content (AvgIpc) is 2.39. The first-order valence-electron chi connectivity index (χ1n) is 6.57. The van der Waals surface area contributed by atoms with Gasteiger partial charge in [0.15, 0.2) is 5.78 Å². The summed E-state index contributed by atoms with van der Waals surface area (Å²) in [6.45, 7) is 7.27. The van der Waals surface area contributed by atoms with Crippen LogP contribution in [0.3, 0.4) is 0 Å². The summed E-state index contributed by atoms with van der Waals surface area (Å²) in [5.74, 6) is 0.0282. The van der Waals surface area contributed by atoms with E-state index in [1.54, 1.807) is 20.1 Å². The molecule has 0 saturated carbocycles. The maximum atomic E-state index is 11.3. The molecule has 0 fully saturated rings. The maximum Gasteiger partial charge on any atom is 0.159 e. The zero-order chi connectivity index (χ0) is 14.4. The molecular formula is C15H22ClNO2. The topological polar surface area (TPSA) is 29.5 Å². The minimum atomic E-state index is 0.0282. The number of carbonyl (C=O) groups is 1. The average molecular weight is 284 g/mol. The fourth-order valence-electron chi connectivity index (χ4n) is 1.95. The van der Waals surface area contributed by atoms with Gasteiger partial charge in [0.25, 0.3) is 0 Å². The van der Waals surface area contributed by atoms with Crippen molar-refractivity contribution in [2.45, 2.75) is 33.2 Å². The van der Waals surface area contributed by atoms with Crippen LogP contribution in [0.1, 0.15) is 37.6 Å². The Bertz CT molecular complexity index is 434. The first kappa shape index (κ1) is 16.0. The minimum absolute atomic E-state index is 0.0282. The van der Waals surface area contributed by atoms with Crippen molar-refractivity contribution in [2.75, 3.05) is 25.2 Å². The Morgan fingerprint density at radius 2 is 2.16 bits per heavy atom. The molecule has 1 aromatic rings. The van der Waals surface area contributed by atoms with Gasteiger partial charge < -0.3 is 9.64 Å². The standard InChI is InChI=1S/C15H22ClNO2/c1-5-11(2)17(8-9-19-4)15-7-6-13(12(3)18)10-14(15)16/h6-7,10-11H,5,8-9H2,1-4H3. The van der Waals surface area contributed by atoms with Crippen LogP contribution in [0.5, 0.6) is 0 Å². The van der Waals surface area contributed by atoms with Gasteiger partial charge in [-0.3, -0.25) is 4.79 Å². The largest absolute Gasteiger partial charge is 0.383 e. The zero-order valence-electron chi connectivity index (χ0n) is 12.1. The number of ether oxygens (including phenoxy) is 1. The normalized spacial score (nSPS) is 12.3. The molecule has 0 N–H and O–H groups in total. The van der Waals surface area contributed by atoms with Crippen LogP contribution in [-0.2, 0) is 4.74 Å². The molecule has 0 amide bonds. The molecule has 1 atom stereocenters. The Labute approximate surface area is 120 Å². The van der Waals surface area contributed by atoms with Gasteiger partial charge in [0, 0.05) is 25.3 Å². The second-order valence-corrected chi connectivity index (χ2v) is 5.07. The zero-order valence-corrected chi connectivity index (χ0v) is 12.8. The summed E-state index contributed by atoms with van der Waals surface area (Å²) < 4.78 is 5.15. The predicted octanol–water partition coefficient (Wildman–Crippen LogP) is 3.79. The highest BCUT2D eigenvalue weighted by molar-refractivity contribution is 6.33. The molecule has 0 heterocycles. The Kier molecular flexibility index (Phi) is 6.32. The minimum Gasteiger partial charge on any atom is -0.383 e. The van der Waals surface area contributed by atoms with Crippen molar-refractivity contribution in [3.8, 4) is 0 Å². The summed E-state index contributed by atoms with van der Waals surface area (Å²) in [4.78, 5) is 13.6. The van der Waals surface area contributed by atoms with E-state index in [1.165, 1.54) is 0 Å². The second kappa shape index (κ2) is 7.51. The lowest BCUT2D eigenvalue weighted by Crippen LogP contribution is -2.35. The smallest absolute Gasteiger partial charge is 0.159 e. The van der Waals surface area contributed by atoms with Crippen LogP contribution in [0.15, 0.2) is 18.2 Å². The number of hydrogen-bond acceptors (Lipinski definition) is 3. The molecule has 0 saturated heterocycles. The molecule has 4 heteroatoms. The van der Waals surface area contributed by atoms with Gasteiger partial charge in [-0.25, -0.2) is 0 Å². The summed E-state index contributed by atoms with van der Waals surface area (Å²) in [7, 11) is 1.69. The number of rotatable bonds is 7. The lowest BCUT2D eigenvalue weighted by molar-refractivity contribution is 0.101. The maximum absolute atomic E-state index is 11.3. The number of nitrogens with zero attached hydrogens (tertiary/aromatic N) is 1. The van der Waals surface area contributed by atoms with E-state index in [0.717, 1.165) is 18.7 Å². The van der Waals surface area contributed by atoms with E-state index in [4.69, 9.17) is 16.3 Å². The predicted molar refractivity (Wildman–Crippen MR) is 80.4 cm³/mol. The first-order chi connectivity index (χ1) is 9.01. The van der Waals surface area contributed by atoms with Crippen LogP contribution in [0.25, 0.3) is 0 Å². The van der Waals surface area contributed by atoms with Crippen molar-refractivity contribution in [1.29, 1.82) is 0 Å². The summed E-state index contributed by atoms with van der Waals surface area (Å²) in [5.41, 5.74) is 1.60. The Morgan fingerprint density at radius 3 is 2.63 bits per heavy atom. The number of methoxy groups -OCH3 is 1. The molecule has 1 unspecified atom stereocenters. The van der Waals surface area contributed by atoms with Crippen LogP contribution in [0, 0.1) is 0 Å². The SMILES string of the molecule is CCC(C)N(CCOC)c1ccc(C(C)=O)cc1Cl. The number of anilines is 1. The Morgan fingerprint density at radius 1 is 1.47 bits per heavy atom. The van der Waals surface area contributed by atoms with Crippen molar-refractivity contribution < 1.29 is 9.53 Å². The van der Waals surface area contributed by atoms with Gasteiger partial charge in [-0.05, 0) is 38.5 Å². The molecule has 0 aliphatic carbocycles. The quantitative estimate of drug-likeness (QED) is 0.713.